The Labute approximate surface area is 197 Å². The highest BCUT2D eigenvalue weighted by molar-refractivity contribution is 5.80. The largest absolute Gasteiger partial charge is 0.497 e. The minimum Gasteiger partial charge on any atom is -0.497 e. The van der Waals surface area contributed by atoms with Crippen molar-refractivity contribution in [2.75, 3.05) is 14.2 Å². The summed E-state index contributed by atoms with van der Waals surface area (Å²) in [4.78, 5) is 41.2. The molecular formula is C23H20N6O6. The molecular weight excluding hydrogens is 456 g/mol. The summed E-state index contributed by atoms with van der Waals surface area (Å²) in [6.45, 7) is 0. The van der Waals surface area contributed by atoms with Crippen LogP contribution in [-0.4, -0.2) is 42.2 Å². The van der Waals surface area contributed by atoms with Gasteiger partial charge >= 0.3 is 5.69 Å². The third-order valence-corrected chi connectivity index (χ3v) is 5.94. The first-order chi connectivity index (χ1) is 16.8. The van der Waals surface area contributed by atoms with Crippen molar-refractivity contribution in [3.63, 3.8) is 0 Å². The number of ether oxygens (including phenoxy) is 2. The SMILES string of the molecule is COc1ccc(OC)c(-n2c(-c3cccc([N+](=O)[O-])c3)cn3c4c(=O)n(C)c(=O)n(C)c4nc23)c1. The van der Waals surface area contributed by atoms with Gasteiger partial charge in [-0.2, -0.15) is 4.98 Å². The zero-order valence-corrected chi connectivity index (χ0v) is 19.3. The molecule has 5 aromatic rings. The fourth-order valence-electron chi connectivity index (χ4n) is 4.16. The lowest BCUT2D eigenvalue weighted by Crippen LogP contribution is -2.37. The van der Waals surface area contributed by atoms with Gasteiger partial charge in [0.25, 0.3) is 11.2 Å². The van der Waals surface area contributed by atoms with E-state index in [1.165, 1.54) is 45.0 Å². The Kier molecular flexibility index (Phi) is 4.93. The van der Waals surface area contributed by atoms with Crippen LogP contribution in [0.4, 0.5) is 5.69 Å². The number of hydrogen-bond acceptors (Lipinski definition) is 7. The molecule has 3 heterocycles. The van der Waals surface area contributed by atoms with Gasteiger partial charge in [0.2, 0.25) is 5.78 Å². The van der Waals surface area contributed by atoms with Gasteiger partial charge in [0.1, 0.15) is 11.5 Å². The van der Waals surface area contributed by atoms with Crippen molar-refractivity contribution in [3.8, 4) is 28.4 Å². The molecule has 3 aromatic heterocycles. The number of hydrogen-bond donors (Lipinski definition) is 0. The zero-order chi connectivity index (χ0) is 25.0. The van der Waals surface area contributed by atoms with E-state index < -0.39 is 16.2 Å². The van der Waals surface area contributed by atoms with Crippen molar-refractivity contribution in [1.82, 2.24) is 23.1 Å². The summed E-state index contributed by atoms with van der Waals surface area (Å²) < 4.78 is 16.6. The molecule has 0 amide bonds. The minimum absolute atomic E-state index is 0.0892. The van der Waals surface area contributed by atoms with E-state index in [1.807, 2.05) is 0 Å². The average molecular weight is 476 g/mol. The molecule has 35 heavy (non-hydrogen) atoms. The van der Waals surface area contributed by atoms with Gasteiger partial charge in [-0.25, -0.2) is 4.79 Å². The molecule has 0 fully saturated rings. The second kappa shape index (κ2) is 7.87. The lowest BCUT2D eigenvalue weighted by molar-refractivity contribution is -0.384. The number of methoxy groups -OCH3 is 2. The van der Waals surface area contributed by atoms with Crippen LogP contribution >= 0.6 is 0 Å². The summed E-state index contributed by atoms with van der Waals surface area (Å²) in [7, 11) is 5.98. The van der Waals surface area contributed by atoms with Gasteiger partial charge < -0.3 is 9.47 Å². The molecule has 0 aliphatic rings. The predicted octanol–water partition coefficient (Wildman–Crippen LogP) is 2.27. The number of aryl methyl sites for hydroxylation is 1. The first-order valence-corrected chi connectivity index (χ1v) is 10.4. The number of imidazole rings is 2. The van der Waals surface area contributed by atoms with Gasteiger partial charge in [-0.3, -0.25) is 33.0 Å². The fraction of sp³-hybridized carbons (Fsp3) is 0.174. The Hall–Kier alpha value is -4.87. The van der Waals surface area contributed by atoms with Crippen LogP contribution in [-0.2, 0) is 14.1 Å². The number of aromatic nitrogens is 5. The van der Waals surface area contributed by atoms with E-state index in [2.05, 4.69) is 4.98 Å². The molecule has 0 aliphatic carbocycles. The Balaban J connectivity index is 1.98. The van der Waals surface area contributed by atoms with E-state index in [0.29, 0.717) is 34.2 Å². The van der Waals surface area contributed by atoms with Gasteiger partial charge in [-0.1, -0.05) is 12.1 Å². The van der Waals surface area contributed by atoms with Crippen LogP contribution in [0.3, 0.4) is 0 Å². The lowest BCUT2D eigenvalue weighted by Gasteiger charge is -2.14. The van der Waals surface area contributed by atoms with Crippen LogP contribution < -0.4 is 20.7 Å². The first-order valence-electron chi connectivity index (χ1n) is 10.4. The number of nitro benzene ring substituents is 1. The maximum absolute atomic E-state index is 13.1. The van der Waals surface area contributed by atoms with Gasteiger partial charge in [0, 0.05) is 44.1 Å². The highest BCUT2D eigenvalue weighted by atomic mass is 16.6. The summed E-state index contributed by atoms with van der Waals surface area (Å²) in [5, 5.41) is 11.4. The van der Waals surface area contributed by atoms with E-state index in [4.69, 9.17) is 9.47 Å². The summed E-state index contributed by atoms with van der Waals surface area (Å²) in [5.41, 5.74) is 0.842. The monoisotopic (exact) mass is 476 g/mol. The summed E-state index contributed by atoms with van der Waals surface area (Å²) >= 11 is 0. The van der Waals surface area contributed by atoms with Crippen LogP contribution in [0.15, 0.2) is 58.3 Å². The molecule has 0 atom stereocenters. The van der Waals surface area contributed by atoms with E-state index in [1.54, 1.807) is 45.5 Å². The predicted molar refractivity (Wildman–Crippen MR) is 128 cm³/mol. The Morgan fingerprint density at radius 3 is 2.46 bits per heavy atom. The number of nitrogens with zero attached hydrogens (tertiary/aromatic N) is 6. The molecule has 2 aromatic carbocycles. The standard InChI is InChI=1S/C23H20N6O6/c1-25-20-19(21(30)26(2)23(25)31)27-12-17(13-6-5-7-14(10-13)29(32)33)28(22(27)24-20)16-11-15(34-3)8-9-18(16)35-4/h5-12H,1-4H3. The molecule has 0 radical (unpaired) electrons. The smallest absolute Gasteiger partial charge is 0.332 e. The van der Waals surface area contributed by atoms with Crippen molar-refractivity contribution >= 4 is 22.6 Å². The van der Waals surface area contributed by atoms with Crippen molar-refractivity contribution < 1.29 is 14.4 Å². The molecule has 12 nitrogen and oxygen atoms in total. The molecule has 178 valence electrons. The molecule has 0 aliphatic heterocycles. The maximum atomic E-state index is 13.1. The van der Waals surface area contributed by atoms with Crippen LogP contribution in [0.25, 0.3) is 33.9 Å². The quantitative estimate of drug-likeness (QED) is 0.281. The zero-order valence-electron chi connectivity index (χ0n) is 19.3. The third-order valence-electron chi connectivity index (χ3n) is 5.94. The number of nitro groups is 1. The Bertz CT molecular complexity index is 1770. The normalized spacial score (nSPS) is 11.3. The molecule has 0 saturated carbocycles. The van der Waals surface area contributed by atoms with E-state index in [-0.39, 0.29) is 16.9 Å². The van der Waals surface area contributed by atoms with E-state index in [9.17, 15) is 19.7 Å². The second-order valence-electron chi connectivity index (χ2n) is 7.85. The molecule has 0 N–H and O–H groups in total. The van der Waals surface area contributed by atoms with Crippen LogP contribution in [0.2, 0.25) is 0 Å². The molecule has 5 rings (SSSR count). The van der Waals surface area contributed by atoms with E-state index in [0.717, 1.165) is 4.57 Å². The molecule has 0 bridgehead atoms. The van der Waals surface area contributed by atoms with Crippen molar-refractivity contribution in [2.45, 2.75) is 0 Å². The molecule has 12 heteroatoms. The summed E-state index contributed by atoms with van der Waals surface area (Å²) in [6, 6.07) is 11.3. The highest BCUT2D eigenvalue weighted by Gasteiger charge is 2.24. The Morgan fingerprint density at radius 2 is 1.77 bits per heavy atom. The van der Waals surface area contributed by atoms with E-state index >= 15 is 0 Å². The number of rotatable bonds is 5. The van der Waals surface area contributed by atoms with Crippen molar-refractivity contribution in [2.24, 2.45) is 14.1 Å². The van der Waals surface area contributed by atoms with Crippen LogP contribution in [0.1, 0.15) is 0 Å². The highest BCUT2D eigenvalue weighted by Crippen LogP contribution is 2.35. The second-order valence-corrected chi connectivity index (χ2v) is 7.85. The molecule has 0 spiro atoms. The average Bonchev–Trinajstić information content (AvgIpc) is 3.42. The van der Waals surface area contributed by atoms with Crippen LogP contribution in [0.5, 0.6) is 11.5 Å². The summed E-state index contributed by atoms with van der Waals surface area (Å²) in [5.74, 6) is 1.33. The van der Waals surface area contributed by atoms with Crippen molar-refractivity contribution in [3.05, 3.63) is 79.6 Å². The molecule has 0 unspecified atom stereocenters. The molecule has 0 saturated heterocycles. The topological polar surface area (TPSA) is 128 Å². The van der Waals surface area contributed by atoms with Crippen molar-refractivity contribution in [1.29, 1.82) is 0 Å². The maximum Gasteiger partial charge on any atom is 0.332 e. The first kappa shape index (κ1) is 21.9. The fourth-order valence-corrected chi connectivity index (χ4v) is 4.16. The minimum atomic E-state index is -0.518. The van der Waals surface area contributed by atoms with Gasteiger partial charge in [0.15, 0.2) is 11.2 Å². The third kappa shape index (κ3) is 3.18. The van der Waals surface area contributed by atoms with Gasteiger partial charge in [-0.15, -0.1) is 0 Å². The number of fused-ring (bicyclic) bond motifs is 3. The Morgan fingerprint density at radius 1 is 1.00 bits per heavy atom. The summed E-state index contributed by atoms with van der Waals surface area (Å²) in [6.07, 6.45) is 1.66. The number of benzene rings is 2. The van der Waals surface area contributed by atoms with Crippen LogP contribution in [0, 0.1) is 10.1 Å². The lowest BCUT2D eigenvalue weighted by atomic mass is 10.1. The van der Waals surface area contributed by atoms with Gasteiger partial charge in [0.05, 0.1) is 30.5 Å². The van der Waals surface area contributed by atoms with Gasteiger partial charge in [-0.05, 0) is 12.1 Å². The number of non-ortho nitro benzene ring substituents is 1.